The summed E-state index contributed by atoms with van der Waals surface area (Å²) >= 11 is 0. The molecule has 1 atom stereocenters. The zero-order valence-electron chi connectivity index (χ0n) is 23.4. The van der Waals surface area contributed by atoms with Gasteiger partial charge in [0.15, 0.2) is 0 Å². The van der Waals surface area contributed by atoms with Crippen molar-refractivity contribution in [1.29, 1.82) is 0 Å². The Hall–Kier alpha value is -4.51. The quantitative estimate of drug-likeness (QED) is 0.306. The highest BCUT2D eigenvalue weighted by Crippen LogP contribution is 2.34. The molecule has 0 bridgehead atoms. The van der Waals surface area contributed by atoms with Gasteiger partial charge in [-0.05, 0) is 38.0 Å². The van der Waals surface area contributed by atoms with E-state index in [4.69, 9.17) is 0 Å². The first-order valence-electron chi connectivity index (χ1n) is 13.3. The number of hydrogen-bond acceptors (Lipinski definition) is 8. The molecule has 232 valence electrons. The number of sulfonamides is 1. The van der Waals surface area contributed by atoms with Crippen LogP contribution in [0.5, 0.6) is 0 Å². The van der Waals surface area contributed by atoms with E-state index >= 15 is 0 Å². The van der Waals surface area contributed by atoms with Crippen molar-refractivity contribution in [3.8, 4) is 16.9 Å². The Labute approximate surface area is 248 Å². The van der Waals surface area contributed by atoms with Gasteiger partial charge in [0.2, 0.25) is 10.0 Å². The molecule has 0 spiro atoms. The van der Waals surface area contributed by atoms with Gasteiger partial charge in [-0.2, -0.15) is 23.0 Å². The molecule has 4 aromatic rings. The van der Waals surface area contributed by atoms with Crippen molar-refractivity contribution >= 4 is 15.9 Å². The first kappa shape index (κ1) is 30.9. The lowest BCUT2D eigenvalue weighted by atomic mass is 10.0. The molecule has 1 aliphatic rings. The molecule has 0 unspecified atom stereocenters. The van der Waals surface area contributed by atoms with Gasteiger partial charge in [-0.25, -0.2) is 21.8 Å². The number of halogens is 4. The van der Waals surface area contributed by atoms with Gasteiger partial charge in [0.25, 0.3) is 11.5 Å². The summed E-state index contributed by atoms with van der Waals surface area (Å²) in [7, 11) is -3.31. The molecule has 1 aliphatic heterocycles. The molecular weight excluding hydrogens is 608 g/mol. The highest BCUT2D eigenvalue weighted by atomic mass is 32.2. The van der Waals surface area contributed by atoms with Gasteiger partial charge >= 0.3 is 6.18 Å². The predicted octanol–water partition coefficient (Wildman–Crippen LogP) is 3.13. The summed E-state index contributed by atoms with van der Waals surface area (Å²) in [6.07, 6.45) is 1.66. The van der Waals surface area contributed by atoms with Crippen molar-refractivity contribution in [2.45, 2.75) is 38.0 Å². The van der Waals surface area contributed by atoms with E-state index in [1.165, 1.54) is 29.8 Å². The first-order chi connectivity index (χ1) is 20.7. The van der Waals surface area contributed by atoms with Crippen LogP contribution in [0.25, 0.3) is 16.9 Å². The number of carbonyl (C=O) groups excluding carboxylic acids is 1. The van der Waals surface area contributed by atoms with Crippen molar-refractivity contribution in [2.75, 3.05) is 19.3 Å². The van der Waals surface area contributed by atoms with Gasteiger partial charge in [-0.15, -0.1) is 5.10 Å². The fourth-order valence-corrected chi connectivity index (χ4v) is 5.86. The summed E-state index contributed by atoms with van der Waals surface area (Å²) in [4.78, 5) is 29.9. The number of amides is 1. The summed E-state index contributed by atoms with van der Waals surface area (Å²) in [5.74, 6) is -2.35. The number of piperidine rings is 1. The largest absolute Gasteiger partial charge is 0.419 e. The summed E-state index contributed by atoms with van der Waals surface area (Å²) in [6, 6.07) is 5.31. The Kier molecular flexibility index (Phi) is 8.35. The van der Waals surface area contributed by atoms with Gasteiger partial charge in [0.1, 0.15) is 11.5 Å². The average Bonchev–Trinajstić information content (AvgIpc) is 3.47. The third-order valence-corrected chi connectivity index (χ3v) is 8.56. The SMILES string of the molecule is C[C@@H](NC(=O)c1ccc(=O)n(-c2cncc(-c3cnnn3C3CCN(S(C)(=O)=O)CC3)c2)n1)c1cccc(C(F)(F)F)c1F. The summed E-state index contributed by atoms with van der Waals surface area (Å²) in [6.45, 7) is 1.98. The summed E-state index contributed by atoms with van der Waals surface area (Å²) in [5, 5.41) is 14.7. The monoisotopic (exact) mass is 634 g/mol. The van der Waals surface area contributed by atoms with E-state index in [2.05, 4.69) is 25.7 Å². The van der Waals surface area contributed by atoms with E-state index in [0.717, 1.165) is 35.2 Å². The maximum absolute atomic E-state index is 14.6. The van der Waals surface area contributed by atoms with E-state index in [0.29, 0.717) is 43.3 Å². The molecule has 12 nitrogen and oxygen atoms in total. The number of alkyl halides is 3. The maximum atomic E-state index is 14.6. The number of benzene rings is 1. The van der Waals surface area contributed by atoms with Gasteiger partial charge in [-0.3, -0.25) is 14.6 Å². The second-order valence-electron chi connectivity index (χ2n) is 10.3. The smallest absolute Gasteiger partial charge is 0.344 e. The lowest BCUT2D eigenvalue weighted by Gasteiger charge is -2.30. The Morgan fingerprint density at radius 2 is 1.82 bits per heavy atom. The molecule has 44 heavy (non-hydrogen) atoms. The number of aromatic nitrogens is 6. The van der Waals surface area contributed by atoms with Crippen LogP contribution in [-0.4, -0.2) is 67.7 Å². The topological polar surface area (TPSA) is 145 Å². The molecule has 1 aromatic carbocycles. The molecule has 17 heteroatoms. The van der Waals surface area contributed by atoms with Crippen molar-refractivity contribution in [1.82, 2.24) is 39.4 Å². The molecule has 1 N–H and O–H groups in total. The van der Waals surface area contributed by atoms with Gasteiger partial charge in [0.05, 0.1) is 47.7 Å². The van der Waals surface area contributed by atoms with Crippen LogP contribution in [0.1, 0.15) is 53.5 Å². The molecule has 4 heterocycles. The molecule has 1 saturated heterocycles. The van der Waals surface area contributed by atoms with Gasteiger partial charge in [0, 0.05) is 36.5 Å². The molecule has 1 amide bonds. The van der Waals surface area contributed by atoms with Crippen LogP contribution in [0.15, 0.2) is 59.8 Å². The normalized spacial score (nSPS) is 15.7. The Morgan fingerprint density at radius 3 is 2.50 bits per heavy atom. The van der Waals surface area contributed by atoms with Gasteiger partial charge < -0.3 is 5.32 Å². The highest BCUT2D eigenvalue weighted by molar-refractivity contribution is 7.88. The second-order valence-corrected chi connectivity index (χ2v) is 12.2. The van der Waals surface area contributed by atoms with Crippen LogP contribution >= 0.6 is 0 Å². The van der Waals surface area contributed by atoms with Crippen LogP contribution in [0.4, 0.5) is 17.6 Å². The lowest BCUT2D eigenvalue weighted by Crippen LogP contribution is -2.38. The number of pyridine rings is 1. The number of hydrogen-bond donors (Lipinski definition) is 1. The molecule has 3 aromatic heterocycles. The van der Waals surface area contributed by atoms with Crippen LogP contribution in [-0.2, 0) is 16.2 Å². The van der Waals surface area contributed by atoms with E-state index in [1.54, 1.807) is 10.7 Å². The van der Waals surface area contributed by atoms with Gasteiger partial charge in [-0.1, -0.05) is 17.3 Å². The van der Waals surface area contributed by atoms with E-state index < -0.39 is 45.1 Å². The van der Waals surface area contributed by atoms with Crippen molar-refractivity contribution < 1.29 is 30.8 Å². The molecular formula is C27H26F4N8O4S. The summed E-state index contributed by atoms with van der Waals surface area (Å²) in [5.41, 5.74) is -1.39. The maximum Gasteiger partial charge on any atom is 0.419 e. The van der Waals surface area contributed by atoms with Crippen LogP contribution < -0.4 is 10.9 Å². The van der Waals surface area contributed by atoms with Crippen LogP contribution in [0.2, 0.25) is 0 Å². The zero-order valence-corrected chi connectivity index (χ0v) is 24.2. The Bertz CT molecular complexity index is 1870. The minimum Gasteiger partial charge on any atom is -0.344 e. The second kappa shape index (κ2) is 11.9. The molecule has 1 fully saturated rings. The number of rotatable bonds is 7. The molecule has 0 saturated carbocycles. The third kappa shape index (κ3) is 6.37. The van der Waals surface area contributed by atoms with E-state index in [1.807, 2.05) is 0 Å². The van der Waals surface area contributed by atoms with Crippen molar-refractivity contribution in [2.24, 2.45) is 0 Å². The van der Waals surface area contributed by atoms with Crippen molar-refractivity contribution in [3.05, 3.63) is 88.0 Å². The zero-order chi connectivity index (χ0) is 31.8. The number of nitrogens with zero attached hydrogens (tertiary/aromatic N) is 7. The Balaban J connectivity index is 1.38. The average molecular weight is 635 g/mol. The number of nitrogens with one attached hydrogen (secondary N) is 1. The third-order valence-electron chi connectivity index (χ3n) is 7.26. The minimum absolute atomic E-state index is 0.134. The van der Waals surface area contributed by atoms with Crippen molar-refractivity contribution in [3.63, 3.8) is 0 Å². The first-order valence-corrected chi connectivity index (χ1v) is 15.2. The van der Waals surface area contributed by atoms with E-state index in [-0.39, 0.29) is 23.0 Å². The fourth-order valence-electron chi connectivity index (χ4n) is 4.99. The predicted molar refractivity (Wildman–Crippen MR) is 149 cm³/mol. The number of carbonyl (C=O) groups is 1. The summed E-state index contributed by atoms with van der Waals surface area (Å²) < 4.78 is 81.8. The molecule has 0 radical (unpaired) electrons. The highest BCUT2D eigenvalue weighted by Gasteiger charge is 2.35. The fraction of sp³-hybridized carbons (Fsp3) is 0.333. The minimum atomic E-state index is -4.91. The molecule has 5 rings (SSSR count). The Morgan fingerprint density at radius 1 is 1.09 bits per heavy atom. The lowest BCUT2D eigenvalue weighted by molar-refractivity contribution is -0.140. The molecule has 0 aliphatic carbocycles. The van der Waals surface area contributed by atoms with E-state index in [9.17, 15) is 35.6 Å². The van der Waals surface area contributed by atoms with Crippen LogP contribution in [0.3, 0.4) is 0 Å². The standard InChI is InChI=1S/C27H26F4N8O4S/c1-16(20-4-3-5-21(25(20)28)27(29,30)31)34-26(41)22-6-7-24(40)39(35-22)19-12-17(13-32-14-19)23-15-33-36-38(23)18-8-10-37(11-9-18)44(2,42)43/h3-7,12-16,18H,8-11H2,1-2H3,(H,34,41)/t16-/m1/s1. The van der Waals surface area contributed by atoms with Crippen LogP contribution in [0, 0.1) is 5.82 Å².